The molecule has 0 aliphatic carbocycles. The standard InChI is InChI=1S/C7H5NO4/c9-7(10)2-4-1-5-6(11-4)3-8-12-5/h1,3H,2H2,(H,9,10). The molecule has 0 unspecified atom stereocenters. The first kappa shape index (κ1) is 6.90. The van der Waals surface area contributed by atoms with E-state index in [1.54, 1.807) is 0 Å². The van der Waals surface area contributed by atoms with Crippen LogP contribution in [-0.2, 0) is 11.2 Å². The molecule has 0 aliphatic rings. The smallest absolute Gasteiger partial charge is 0.311 e. The maximum Gasteiger partial charge on any atom is 0.311 e. The molecule has 1 N–H and O–H groups in total. The number of carboxylic acid groups (broad SMARTS) is 1. The topological polar surface area (TPSA) is 76.5 Å². The van der Waals surface area contributed by atoms with Gasteiger partial charge in [0.1, 0.15) is 18.4 Å². The van der Waals surface area contributed by atoms with Crippen molar-refractivity contribution < 1.29 is 18.8 Å². The van der Waals surface area contributed by atoms with Gasteiger partial charge >= 0.3 is 5.97 Å². The Labute approximate surface area is 66.6 Å². The lowest BCUT2D eigenvalue weighted by molar-refractivity contribution is -0.136. The molecular weight excluding hydrogens is 162 g/mol. The van der Waals surface area contributed by atoms with Crippen molar-refractivity contribution in [2.75, 3.05) is 0 Å². The summed E-state index contributed by atoms with van der Waals surface area (Å²) in [5.74, 6) is -0.557. The zero-order valence-electron chi connectivity index (χ0n) is 5.98. The van der Waals surface area contributed by atoms with Gasteiger partial charge in [-0.05, 0) is 0 Å². The van der Waals surface area contributed by atoms with Gasteiger partial charge in [0.15, 0.2) is 5.58 Å². The zero-order chi connectivity index (χ0) is 8.55. The van der Waals surface area contributed by atoms with Gasteiger partial charge in [-0.25, -0.2) is 0 Å². The minimum Gasteiger partial charge on any atom is -0.481 e. The van der Waals surface area contributed by atoms with Crippen LogP contribution in [0.15, 0.2) is 21.2 Å². The van der Waals surface area contributed by atoms with Crippen LogP contribution in [0.5, 0.6) is 0 Å². The van der Waals surface area contributed by atoms with Crippen LogP contribution in [0, 0.1) is 0 Å². The van der Waals surface area contributed by atoms with Gasteiger partial charge < -0.3 is 14.0 Å². The van der Waals surface area contributed by atoms with E-state index in [0.717, 1.165) is 0 Å². The molecule has 0 bridgehead atoms. The molecule has 0 radical (unpaired) electrons. The van der Waals surface area contributed by atoms with E-state index in [1.165, 1.54) is 12.3 Å². The number of hydrogen-bond donors (Lipinski definition) is 1. The second kappa shape index (κ2) is 2.37. The van der Waals surface area contributed by atoms with Crippen molar-refractivity contribution in [3.05, 3.63) is 18.0 Å². The summed E-state index contributed by atoms with van der Waals surface area (Å²) in [7, 11) is 0. The number of rotatable bonds is 2. The van der Waals surface area contributed by atoms with E-state index in [-0.39, 0.29) is 6.42 Å². The van der Waals surface area contributed by atoms with Gasteiger partial charge in [0.25, 0.3) is 0 Å². The van der Waals surface area contributed by atoms with Gasteiger partial charge in [-0.15, -0.1) is 0 Å². The number of aromatic nitrogens is 1. The number of hydrogen-bond acceptors (Lipinski definition) is 4. The third-order valence-corrected chi connectivity index (χ3v) is 1.42. The number of carboxylic acids is 1. The SMILES string of the molecule is O=C(O)Cc1cc2oncc2o1. The van der Waals surface area contributed by atoms with Crippen LogP contribution < -0.4 is 0 Å². The Morgan fingerprint density at radius 1 is 1.58 bits per heavy atom. The van der Waals surface area contributed by atoms with E-state index in [9.17, 15) is 4.79 Å². The Morgan fingerprint density at radius 3 is 3.08 bits per heavy atom. The Morgan fingerprint density at radius 2 is 2.42 bits per heavy atom. The minimum absolute atomic E-state index is 0.135. The number of fused-ring (bicyclic) bond motifs is 1. The molecule has 2 rings (SSSR count). The molecule has 0 atom stereocenters. The van der Waals surface area contributed by atoms with E-state index in [2.05, 4.69) is 5.16 Å². The molecule has 2 heterocycles. The van der Waals surface area contributed by atoms with Crippen LogP contribution in [-0.4, -0.2) is 16.2 Å². The summed E-state index contributed by atoms with van der Waals surface area (Å²) in [5.41, 5.74) is 0.956. The predicted octanol–water partition coefficient (Wildman–Crippen LogP) is 1.05. The first-order valence-electron chi connectivity index (χ1n) is 3.30. The van der Waals surface area contributed by atoms with Crippen molar-refractivity contribution in [2.24, 2.45) is 0 Å². The molecule has 62 valence electrons. The van der Waals surface area contributed by atoms with Crippen molar-refractivity contribution >= 4 is 17.1 Å². The summed E-state index contributed by atoms with van der Waals surface area (Å²) >= 11 is 0. The van der Waals surface area contributed by atoms with Gasteiger partial charge in [0.05, 0.1) is 0 Å². The highest BCUT2D eigenvalue weighted by Crippen LogP contribution is 2.18. The summed E-state index contributed by atoms with van der Waals surface area (Å²) in [6, 6.07) is 1.52. The first-order valence-corrected chi connectivity index (χ1v) is 3.30. The molecule has 0 saturated heterocycles. The molecular formula is C7H5NO4. The van der Waals surface area contributed by atoms with Crippen molar-refractivity contribution in [1.82, 2.24) is 5.16 Å². The summed E-state index contributed by atoms with van der Waals surface area (Å²) in [5, 5.41) is 11.9. The van der Waals surface area contributed by atoms with E-state index >= 15 is 0 Å². The highest BCUT2D eigenvalue weighted by atomic mass is 16.5. The lowest BCUT2D eigenvalue weighted by Crippen LogP contribution is -1.97. The molecule has 2 aromatic heterocycles. The van der Waals surface area contributed by atoms with Gasteiger partial charge in [0, 0.05) is 6.07 Å². The fraction of sp³-hybridized carbons (Fsp3) is 0.143. The van der Waals surface area contributed by atoms with Crippen LogP contribution in [0.25, 0.3) is 11.2 Å². The van der Waals surface area contributed by atoms with Crippen LogP contribution >= 0.6 is 0 Å². The lowest BCUT2D eigenvalue weighted by Gasteiger charge is -1.85. The average Bonchev–Trinajstić information content (AvgIpc) is 2.43. The van der Waals surface area contributed by atoms with Gasteiger partial charge in [0.2, 0.25) is 5.58 Å². The maximum atomic E-state index is 10.3. The highest BCUT2D eigenvalue weighted by Gasteiger charge is 2.09. The average molecular weight is 167 g/mol. The largest absolute Gasteiger partial charge is 0.481 e. The second-order valence-electron chi connectivity index (χ2n) is 2.34. The quantitative estimate of drug-likeness (QED) is 0.723. The first-order chi connectivity index (χ1) is 5.75. The van der Waals surface area contributed by atoms with E-state index in [1.807, 2.05) is 0 Å². The molecule has 5 heteroatoms. The Bertz CT molecular complexity index is 385. The van der Waals surface area contributed by atoms with Crippen molar-refractivity contribution in [2.45, 2.75) is 6.42 Å². The molecule has 12 heavy (non-hydrogen) atoms. The molecule has 2 aromatic rings. The molecule has 0 amide bonds. The minimum atomic E-state index is -0.931. The molecule has 0 saturated carbocycles. The highest BCUT2D eigenvalue weighted by molar-refractivity contribution is 5.74. The van der Waals surface area contributed by atoms with Crippen LogP contribution in [0.3, 0.4) is 0 Å². The number of nitrogens with zero attached hydrogens (tertiary/aromatic N) is 1. The van der Waals surface area contributed by atoms with E-state index in [4.69, 9.17) is 14.0 Å². The van der Waals surface area contributed by atoms with Crippen LogP contribution in [0.1, 0.15) is 5.76 Å². The fourth-order valence-electron chi connectivity index (χ4n) is 0.967. The van der Waals surface area contributed by atoms with Crippen LogP contribution in [0.2, 0.25) is 0 Å². The van der Waals surface area contributed by atoms with Gasteiger partial charge in [-0.3, -0.25) is 4.79 Å². The Hall–Kier alpha value is -1.78. The summed E-state index contributed by atoms with van der Waals surface area (Å²) in [6.07, 6.45) is 1.27. The number of furan rings is 1. The summed E-state index contributed by atoms with van der Waals surface area (Å²) in [4.78, 5) is 10.3. The second-order valence-corrected chi connectivity index (χ2v) is 2.34. The van der Waals surface area contributed by atoms with Gasteiger partial charge in [-0.2, -0.15) is 0 Å². The van der Waals surface area contributed by atoms with Crippen molar-refractivity contribution in [1.29, 1.82) is 0 Å². The molecule has 0 aliphatic heterocycles. The number of carbonyl (C=O) groups is 1. The third kappa shape index (κ3) is 1.05. The molecule has 5 nitrogen and oxygen atoms in total. The van der Waals surface area contributed by atoms with Crippen molar-refractivity contribution in [3.8, 4) is 0 Å². The van der Waals surface area contributed by atoms with Crippen LogP contribution in [0.4, 0.5) is 0 Å². The van der Waals surface area contributed by atoms with E-state index < -0.39 is 5.97 Å². The summed E-state index contributed by atoms with van der Waals surface area (Å²) < 4.78 is 9.83. The number of aliphatic carboxylic acids is 1. The summed E-state index contributed by atoms with van der Waals surface area (Å²) in [6.45, 7) is 0. The molecule has 0 spiro atoms. The zero-order valence-corrected chi connectivity index (χ0v) is 5.98. The normalized spacial score (nSPS) is 10.7. The lowest BCUT2D eigenvalue weighted by atomic mass is 10.3. The Kier molecular flexibility index (Phi) is 1.36. The predicted molar refractivity (Wildman–Crippen MR) is 37.6 cm³/mol. The monoisotopic (exact) mass is 167 g/mol. The van der Waals surface area contributed by atoms with Crippen molar-refractivity contribution in [3.63, 3.8) is 0 Å². The maximum absolute atomic E-state index is 10.3. The molecule has 0 fully saturated rings. The fourth-order valence-corrected chi connectivity index (χ4v) is 0.967. The Balaban J connectivity index is 2.38. The van der Waals surface area contributed by atoms with E-state index in [0.29, 0.717) is 16.9 Å². The third-order valence-electron chi connectivity index (χ3n) is 1.42. The molecule has 0 aromatic carbocycles. The van der Waals surface area contributed by atoms with Gasteiger partial charge in [-0.1, -0.05) is 5.16 Å².